The van der Waals surface area contributed by atoms with Crippen LogP contribution in [0.2, 0.25) is 0 Å². The lowest BCUT2D eigenvalue weighted by Gasteiger charge is -2.52. The summed E-state index contributed by atoms with van der Waals surface area (Å²) in [6, 6.07) is 0. The van der Waals surface area contributed by atoms with E-state index in [-0.39, 0.29) is 17.0 Å². The maximum Gasteiger partial charge on any atom is 0.234 e. The fourth-order valence-electron chi connectivity index (χ4n) is 4.12. The SMILES string of the molecule is CC1(C)CCCC(C)(C)N1NC(=O)CC1CCCCC1. The van der Waals surface area contributed by atoms with Crippen molar-refractivity contribution in [3.05, 3.63) is 0 Å². The highest BCUT2D eigenvalue weighted by molar-refractivity contribution is 5.75. The molecule has 0 aromatic rings. The van der Waals surface area contributed by atoms with Crippen LogP contribution in [0.5, 0.6) is 0 Å². The van der Waals surface area contributed by atoms with Gasteiger partial charge in [0.05, 0.1) is 0 Å². The van der Waals surface area contributed by atoms with E-state index >= 15 is 0 Å². The minimum absolute atomic E-state index is 0.0595. The van der Waals surface area contributed by atoms with Gasteiger partial charge in [-0.25, -0.2) is 5.01 Å². The lowest BCUT2D eigenvalue weighted by atomic mass is 9.81. The van der Waals surface area contributed by atoms with Crippen LogP contribution in [-0.4, -0.2) is 22.0 Å². The van der Waals surface area contributed by atoms with Crippen LogP contribution >= 0.6 is 0 Å². The Balaban J connectivity index is 1.93. The number of nitrogens with zero attached hydrogens (tertiary/aromatic N) is 1. The van der Waals surface area contributed by atoms with Crippen LogP contribution in [0.3, 0.4) is 0 Å². The Morgan fingerprint density at radius 3 is 2.10 bits per heavy atom. The molecule has 0 bridgehead atoms. The third-order valence-corrected chi connectivity index (χ3v) is 5.22. The molecule has 2 aliphatic rings. The second-order valence-electron chi connectivity index (χ2n) is 8.06. The number of piperidine rings is 1. The molecule has 116 valence electrons. The van der Waals surface area contributed by atoms with Gasteiger partial charge in [-0.15, -0.1) is 0 Å². The van der Waals surface area contributed by atoms with Crippen molar-refractivity contribution in [1.82, 2.24) is 10.4 Å². The number of carbonyl (C=O) groups excluding carboxylic acids is 1. The molecular weight excluding hydrogens is 248 g/mol. The van der Waals surface area contributed by atoms with Gasteiger partial charge in [-0.3, -0.25) is 10.2 Å². The highest BCUT2D eigenvalue weighted by Gasteiger charge is 2.42. The van der Waals surface area contributed by atoms with E-state index in [4.69, 9.17) is 0 Å². The first-order chi connectivity index (χ1) is 9.31. The topological polar surface area (TPSA) is 32.3 Å². The summed E-state index contributed by atoms with van der Waals surface area (Å²) in [5.41, 5.74) is 3.36. The second-order valence-corrected chi connectivity index (χ2v) is 8.06. The van der Waals surface area contributed by atoms with Crippen LogP contribution in [0, 0.1) is 5.92 Å². The molecule has 0 radical (unpaired) electrons. The zero-order valence-corrected chi connectivity index (χ0v) is 13.8. The average Bonchev–Trinajstić information content (AvgIpc) is 2.35. The van der Waals surface area contributed by atoms with E-state index in [0.29, 0.717) is 12.3 Å². The summed E-state index contributed by atoms with van der Waals surface area (Å²) in [5, 5.41) is 2.23. The van der Waals surface area contributed by atoms with Gasteiger partial charge >= 0.3 is 0 Å². The summed E-state index contributed by atoms with van der Waals surface area (Å²) < 4.78 is 0. The highest BCUT2D eigenvalue weighted by Crippen LogP contribution is 2.36. The summed E-state index contributed by atoms with van der Waals surface area (Å²) in [6.07, 6.45) is 10.7. The summed E-state index contributed by atoms with van der Waals surface area (Å²) >= 11 is 0. The van der Waals surface area contributed by atoms with Crippen LogP contribution in [0.4, 0.5) is 0 Å². The van der Waals surface area contributed by atoms with Crippen LogP contribution < -0.4 is 5.43 Å². The Morgan fingerprint density at radius 2 is 1.55 bits per heavy atom. The first-order valence-electron chi connectivity index (χ1n) is 8.41. The van der Waals surface area contributed by atoms with E-state index in [1.807, 2.05) is 0 Å². The molecule has 0 aromatic carbocycles. The average molecular weight is 280 g/mol. The normalized spacial score (nSPS) is 27.2. The fourth-order valence-corrected chi connectivity index (χ4v) is 4.12. The molecular formula is C17H32N2O. The van der Waals surface area contributed by atoms with E-state index in [1.54, 1.807) is 0 Å². The predicted molar refractivity (Wildman–Crippen MR) is 83.2 cm³/mol. The van der Waals surface area contributed by atoms with E-state index in [0.717, 1.165) is 12.8 Å². The largest absolute Gasteiger partial charge is 0.288 e. The van der Waals surface area contributed by atoms with Gasteiger partial charge in [0.1, 0.15) is 0 Å². The molecule has 2 rings (SSSR count). The monoisotopic (exact) mass is 280 g/mol. The third kappa shape index (κ3) is 3.75. The van der Waals surface area contributed by atoms with Crippen LogP contribution in [-0.2, 0) is 4.79 Å². The lowest BCUT2D eigenvalue weighted by Crippen LogP contribution is -2.65. The predicted octanol–water partition coefficient (Wildman–Crippen LogP) is 4.03. The van der Waals surface area contributed by atoms with Gasteiger partial charge < -0.3 is 0 Å². The molecule has 0 spiro atoms. The highest BCUT2D eigenvalue weighted by atomic mass is 16.2. The molecule has 0 unspecified atom stereocenters. The number of hydrogen-bond donors (Lipinski definition) is 1. The first-order valence-corrected chi connectivity index (χ1v) is 8.41. The Hall–Kier alpha value is -0.570. The molecule has 1 amide bonds. The molecule has 1 aliphatic carbocycles. The van der Waals surface area contributed by atoms with Crippen LogP contribution in [0.25, 0.3) is 0 Å². The molecule has 1 N–H and O–H groups in total. The summed E-state index contributed by atoms with van der Waals surface area (Å²) in [4.78, 5) is 12.4. The number of hydrazine groups is 1. The van der Waals surface area contributed by atoms with Gasteiger partial charge in [0.25, 0.3) is 0 Å². The van der Waals surface area contributed by atoms with Gasteiger partial charge in [0, 0.05) is 17.5 Å². The number of rotatable bonds is 3. The Kier molecular flexibility index (Phi) is 4.78. The van der Waals surface area contributed by atoms with Crippen molar-refractivity contribution in [2.24, 2.45) is 5.92 Å². The molecule has 1 heterocycles. The zero-order valence-electron chi connectivity index (χ0n) is 13.8. The zero-order chi connectivity index (χ0) is 14.8. The first kappa shape index (κ1) is 15.8. The van der Waals surface area contributed by atoms with Crippen molar-refractivity contribution >= 4 is 5.91 Å². The minimum atomic E-state index is 0.0595. The lowest BCUT2D eigenvalue weighted by molar-refractivity contribution is -0.140. The van der Waals surface area contributed by atoms with E-state index < -0.39 is 0 Å². The molecule has 3 heteroatoms. The van der Waals surface area contributed by atoms with E-state index in [1.165, 1.54) is 38.5 Å². The maximum absolute atomic E-state index is 12.4. The molecule has 0 atom stereocenters. The van der Waals surface area contributed by atoms with Gasteiger partial charge in [0.15, 0.2) is 0 Å². The van der Waals surface area contributed by atoms with E-state index in [9.17, 15) is 4.79 Å². The van der Waals surface area contributed by atoms with Crippen LogP contribution in [0.15, 0.2) is 0 Å². The van der Waals surface area contributed by atoms with Gasteiger partial charge in [-0.05, 0) is 65.7 Å². The van der Waals surface area contributed by atoms with Crippen molar-refractivity contribution in [1.29, 1.82) is 0 Å². The molecule has 0 aromatic heterocycles. The molecule has 3 nitrogen and oxygen atoms in total. The fraction of sp³-hybridized carbons (Fsp3) is 0.941. The summed E-state index contributed by atoms with van der Waals surface area (Å²) in [7, 11) is 0. The molecule has 1 saturated heterocycles. The van der Waals surface area contributed by atoms with Crippen molar-refractivity contribution in [2.45, 2.75) is 96.6 Å². The Morgan fingerprint density at radius 1 is 1.00 bits per heavy atom. The quantitative estimate of drug-likeness (QED) is 0.846. The molecule has 1 saturated carbocycles. The minimum Gasteiger partial charge on any atom is -0.288 e. The molecule has 20 heavy (non-hydrogen) atoms. The smallest absolute Gasteiger partial charge is 0.234 e. The number of carbonyl (C=O) groups is 1. The van der Waals surface area contributed by atoms with Gasteiger partial charge in [-0.2, -0.15) is 0 Å². The maximum atomic E-state index is 12.4. The number of nitrogens with one attached hydrogen (secondary N) is 1. The van der Waals surface area contributed by atoms with Crippen LogP contribution in [0.1, 0.15) is 85.5 Å². The van der Waals surface area contributed by atoms with Gasteiger partial charge in [0.2, 0.25) is 5.91 Å². The number of hydrogen-bond acceptors (Lipinski definition) is 2. The van der Waals surface area contributed by atoms with Gasteiger partial charge in [-0.1, -0.05) is 19.3 Å². The standard InChI is InChI=1S/C17H32N2O/c1-16(2)11-8-12-17(3,4)19(16)18-15(20)13-14-9-6-5-7-10-14/h14H,5-13H2,1-4H3,(H,18,20). The third-order valence-electron chi connectivity index (χ3n) is 5.22. The summed E-state index contributed by atoms with van der Waals surface area (Å²) in [6.45, 7) is 8.98. The Labute approximate surface area is 124 Å². The Bertz CT molecular complexity index is 327. The second kappa shape index (κ2) is 6.05. The number of amides is 1. The van der Waals surface area contributed by atoms with Crippen molar-refractivity contribution in [3.63, 3.8) is 0 Å². The summed E-state index contributed by atoms with van der Waals surface area (Å²) in [5.74, 6) is 0.833. The molecule has 1 aliphatic heterocycles. The van der Waals surface area contributed by atoms with Crippen molar-refractivity contribution in [2.75, 3.05) is 0 Å². The van der Waals surface area contributed by atoms with E-state index in [2.05, 4.69) is 38.1 Å². The van der Waals surface area contributed by atoms with Crippen molar-refractivity contribution < 1.29 is 4.79 Å². The van der Waals surface area contributed by atoms with Crippen molar-refractivity contribution in [3.8, 4) is 0 Å². The molecule has 2 fully saturated rings.